The number of aryl methyl sites for hydroxylation is 1. The lowest BCUT2D eigenvalue weighted by molar-refractivity contribution is -0.173. The van der Waals surface area contributed by atoms with Crippen molar-refractivity contribution in [3.05, 3.63) is 30.5 Å². The largest absolute Gasteiger partial charge is 0.457 e. The second kappa shape index (κ2) is 18.2. The fraction of sp³-hybridized carbons (Fsp3) is 0.639. The Morgan fingerprint density at radius 1 is 1.27 bits per heavy atom. The van der Waals surface area contributed by atoms with E-state index in [0.29, 0.717) is 38.2 Å². The Morgan fingerprint density at radius 2 is 2.02 bits per heavy atom. The molecule has 0 amide bonds. The zero-order valence-corrected chi connectivity index (χ0v) is 29.8. The lowest BCUT2D eigenvalue weighted by atomic mass is 9.63. The van der Waals surface area contributed by atoms with Crippen LogP contribution >= 0.6 is 0 Å². The van der Waals surface area contributed by atoms with Crippen molar-refractivity contribution in [3.63, 3.8) is 0 Å². The highest BCUT2D eigenvalue weighted by Crippen LogP contribution is 2.35. The number of nitrogens with zero attached hydrogens (tertiary/aromatic N) is 3. The van der Waals surface area contributed by atoms with Gasteiger partial charge in [0.05, 0.1) is 12.2 Å². The number of Topliss-reactive ketones (excluding diaryl/α,β-unsaturated/α-hetero) is 1. The summed E-state index contributed by atoms with van der Waals surface area (Å²) >= 11 is 0. The molecule has 1 fully saturated rings. The topological polar surface area (TPSA) is 150 Å². The maximum absolute atomic E-state index is 13.5. The molecule has 262 valence electrons. The number of unbranched alkanes of at least 4 members (excludes halogenated alkanes) is 1. The van der Waals surface area contributed by atoms with Gasteiger partial charge in [-0.2, -0.15) is 0 Å². The highest BCUT2D eigenvalue weighted by molar-refractivity contribution is 6.15. The minimum atomic E-state index is -1.12. The van der Waals surface area contributed by atoms with Crippen LogP contribution in [0.3, 0.4) is 0 Å². The maximum Gasteiger partial charge on any atom is 0.316 e. The van der Waals surface area contributed by atoms with E-state index in [1.165, 1.54) is 0 Å². The first-order valence-electron chi connectivity index (χ1n) is 17.4. The predicted octanol–water partition coefficient (Wildman–Crippen LogP) is 3.44. The standard InChI is InChI=1S/C36H55BN6O5/c1-8-31-36(7,47-9-2)34(39-16-10-11-17-43-22-30(41-42-43)27-13-12-14-29(38)20-27)26(6)40-21-23(3)19-28(15-18-44)32(37)24(4)33(45)25(5)35(46)48-31/h2,12-14,18,20,22-26,28,31-32,34,39-40H,8,10-11,15-17,19,21,37-38H2,1,3-7H3/t23-,24-,25-,26-,28+,31-,32-,34-,36-/m1/s1. The van der Waals surface area contributed by atoms with Crippen LogP contribution in [0.15, 0.2) is 30.5 Å². The molecule has 3 rings (SSSR count). The van der Waals surface area contributed by atoms with Gasteiger partial charge < -0.3 is 30.6 Å². The Hall–Kier alpha value is -3.69. The van der Waals surface area contributed by atoms with Gasteiger partial charge in [-0.3, -0.25) is 14.3 Å². The van der Waals surface area contributed by atoms with Crippen LogP contribution in [-0.4, -0.2) is 77.8 Å². The van der Waals surface area contributed by atoms with Crippen LogP contribution in [0.4, 0.5) is 5.69 Å². The number of hydrogen-bond acceptors (Lipinski definition) is 10. The summed E-state index contributed by atoms with van der Waals surface area (Å²) < 4.78 is 14.0. The SMILES string of the molecule is B[C@H]1[C@@H](CC=O)C[C@@H](C)CN[C@H](C)[C@@H](NCCCCn2cc(-c3cccc(N)c3)nn2)[C@](C)(OC#C)[C@@H](CC)OC(=O)[C@H](C)C(=O)[C@@H]1C. The molecule has 2 aromatic rings. The number of esters is 1. The Balaban J connectivity index is 1.80. The molecular weight excluding hydrogens is 607 g/mol. The van der Waals surface area contributed by atoms with Gasteiger partial charge in [0.2, 0.25) is 0 Å². The minimum absolute atomic E-state index is 0.0150. The van der Waals surface area contributed by atoms with Gasteiger partial charge in [-0.1, -0.05) is 50.4 Å². The van der Waals surface area contributed by atoms with Crippen molar-refractivity contribution in [2.75, 3.05) is 18.8 Å². The molecule has 4 N–H and O–H groups in total. The number of terminal acetylenes is 1. The van der Waals surface area contributed by atoms with E-state index in [4.69, 9.17) is 21.6 Å². The molecule has 9 atom stereocenters. The molecule has 1 aromatic heterocycles. The van der Waals surface area contributed by atoms with Crippen molar-refractivity contribution >= 4 is 31.6 Å². The number of carbonyl (C=O) groups excluding carboxylic acids is 3. The molecule has 12 heteroatoms. The third kappa shape index (κ3) is 9.92. The predicted molar refractivity (Wildman–Crippen MR) is 190 cm³/mol. The van der Waals surface area contributed by atoms with E-state index in [1.807, 2.05) is 63.8 Å². The van der Waals surface area contributed by atoms with E-state index >= 15 is 0 Å². The molecule has 0 spiro atoms. The van der Waals surface area contributed by atoms with Crippen LogP contribution in [0, 0.1) is 36.2 Å². The van der Waals surface area contributed by atoms with E-state index in [9.17, 15) is 14.4 Å². The van der Waals surface area contributed by atoms with Crippen LogP contribution in [0.1, 0.15) is 73.6 Å². The van der Waals surface area contributed by atoms with E-state index in [0.717, 1.165) is 36.8 Å². The number of benzene rings is 1. The molecule has 48 heavy (non-hydrogen) atoms. The molecule has 1 saturated heterocycles. The minimum Gasteiger partial charge on any atom is -0.457 e. The molecule has 0 radical (unpaired) electrons. The molecule has 1 aromatic carbocycles. The Morgan fingerprint density at radius 3 is 2.69 bits per heavy atom. The molecular formula is C36H55BN6O5. The van der Waals surface area contributed by atoms with E-state index in [-0.39, 0.29) is 35.5 Å². The third-order valence-corrected chi connectivity index (χ3v) is 10.2. The highest BCUT2D eigenvalue weighted by atomic mass is 16.6. The number of ether oxygens (including phenoxy) is 2. The fourth-order valence-corrected chi connectivity index (χ4v) is 7.01. The van der Waals surface area contributed by atoms with Crippen LogP contribution in [0.5, 0.6) is 0 Å². The molecule has 0 aliphatic carbocycles. The highest BCUT2D eigenvalue weighted by Gasteiger charge is 2.48. The number of nitrogens with two attached hydrogens (primary N) is 1. The number of aldehydes is 1. The average Bonchev–Trinajstić information content (AvgIpc) is 3.54. The van der Waals surface area contributed by atoms with Crippen LogP contribution < -0.4 is 16.4 Å². The first-order chi connectivity index (χ1) is 22.9. The third-order valence-electron chi connectivity index (χ3n) is 10.2. The normalized spacial score (nSPS) is 30.8. The van der Waals surface area contributed by atoms with Gasteiger partial charge in [-0.15, -0.1) is 5.10 Å². The smallest absolute Gasteiger partial charge is 0.316 e. The number of rotatable bonds is 11. The van der Waals surface area contributed by atoms with Crippen molar-refractivity contribution in [2.24, 2.45) is 23.7 Å². The molecule has 1 aliphatic heterocycles. The van der Waals surface area contributed by atoms with Crippen molar-refractivity contribution in [1.82, 2.24) is 25.6 Å². The first kappa shape index (κ1) is 38.8. The van der Waals surface area contributed by atoms with Crippen molar-refractivity contribution < 1.29 is 23.9 Å². The van der Waals surface area contributed by atoms with Gasteiger partial charge in [0.15, 0.2) is 5.60 Å². The number of ketones is 1. The van der Waals surface area contributed by atoms with Crippen molar-refractivity contribution in [1.29, 1.82) is 0 Å². The fourth-order valence-electron chi connectivity index (χ4n) is 7.01. The van der Waals surface area contributed by atoms with E-state index in [1.54, 1.807) is 6.92 Å². The first-order valence-corrected chi connectivity index (χ1v) is 17.4. The number of nitrogen functional groups attached to an aromatic ring is 1. The Labute approximate surface area is 287 Å². The van der Waals surface area contributed by atoms with Crippen LogP contribution in [-0.2, 0) is 30.4 Å². The second-order valence-electron chi connectivity index (χ2n) is 13.8. The molecule has 2 heterocycles. The molecule has 0 bridgehead atoms. The zero-order valence-electron chi connectivity index (χ0n) is 29.8. The van der Waals surface area contributed by atoms with Crippen molar-refractivity contribution in [2.45, 2.75) is 110 Å². The van der Waals surface area contributed by atoms with Gasteiger partial charge in [0.1, 0.15) is 43.7 Å². The summed E-state index contributed by atoms with van der Waals surface area (Å²) in [7, 11) is 2.00. The summed E-state index contributed by atoms with van der Waals surface area (Å²) in [5, 5.41) is 15.9. The number of cyclic esters (lactones) is 1. The Kier molecular flexibility index (Phi) is 14.7. The van der Waals surface area contributed by atoms with Crippen molar-refractivity contribution in [3.8, 4) is 23.8 Å². The summed E-state index contributed by atoms with van der Waals surface area (Å²) in [5.41, 5.74) is 7.18. The van der Waals surface area contributed by atoms with E-state index in [2.05, 4.69) is 40.9 Å². The van der Waals surface area contributed by atoms with E-state index < -0.39 is 29.5 Å². The van der Waals surface area contributed by atoms with Gasteiger partial charge in [-0.05, 0) is 83.5 Å². The number of anilines is 1. The Bertz CT molecular complexity index is 1400. The summed E-state index contributed by atoms with van der Waals surface area (Å²) in [6, 6.07) is 7.06. The molecule has 11 nitrogen and oxygen atoms in total. The van der Waals surface area contributed by atoms with Gasteiger partial charge >= 0.3 is 5.97 Å². The number of carbonyl (C=O) groups is 3. The van der Waals surface area contributed by atoms with Gasteiger partial charge in [-0.25, -0.2) is 0 Å². The molecule has 0 unspecified atom stereocenters. The number of hydrogen-bond donors (Lipinski definition) is 3. The molecule has 1 aliphatic rings. The lowest BCUT2D eigenvalue weighted by Gasteiger charge is -2.44. The van der Waals surface area contributed by atoms with Crippen LogP contribution in [0.25, 0.3) is 11.3 Å². The van der Waals surface area contributed by atoms with Gasteiger partial charge in [0.25, 0.3) is 0 Å². The zero-order chi connectivity index (χ0) is 35.4. The lowest BCUT2D eigenvalue weighted by Crippen LogP contribution is -2.65. The summed E-state index contributed by atoms with van der Waals surface area (Å²) in [4.78, 5) is 38.7. The summed E-state index contributed by atoms with van der Waals surface area (Å²) in [6.07, 6.45) is 13.5. The van der Waals surface area contributed by atoms with Crippen LogP contribution in [0.2, 0.25) is 5.82 Å². The number of aromatic nitrogens is 3. The molecule has 0 saturated carbocycles. The average molecular weight is 663 g/mol. The number of nitrogens with one attached hydrogen (secondary N) is 2. The van der Waals surface area contributed by atoms with Gasteiger partial charge in [0, 0.05) is 36.2 Å². The maximum atomic E-state index is 13.5. The second-order valence-corrected chi connectivity index (χ2v) is 13.8. The summed E-state index contributed by atoms with van der Waals surface area (Å²) in [5.74, 6) is -2.00. The summed E-state index contributed by atoms with van der Waals surface area (Å²) in [6.45, 7) is 13.5. The quantitative estimate of drug-likeness (QED) is 0.0621. The monoisotopic (exact) mass is 662 g/mol.